The summed E-state index contributed by atoms with van der Waals surface area (Å²) in [7, 11) is -1.29. The van der Waals surface area contributed by atoms with Crippen LogP contribution in [0.1, 0.15) is 53.1 Å². The van der Waals surface area contributed by atoms with Crippen LogP contribution in [-0.4, -0.2) is 67.4 Å². The summed E-state index contributed by atoms with van der Waals surface area (Å²) in [6, 6.07) is 3.37. The van der Waals surface area contributed by atoms with E-state index >= 15 is 0 Å². The van der Waals surface area contributed by atoms with Crippen molar-refractivity contribution in [1.82, 2.24) is 19.7 Å². The van der Waals surface area contributed by atoms with E-state index in [9.17, 15) is 13.8 Å². The van der Waals surface area contributed by atoms with Crippen molar-refractivity contribution in [1.29, 1.82) is 0 Å². The normalized spacial score (nSPS) is 16.6. The van der Waals surface area contributed by atoms with Crippen LogP contribution in [0.15, 0.2) is 28.9 Å². The third-order valence-corrected chi connectivity index (χ3v) is 7.86. The average Bonchev–Trinajstić information content (AvgIpc) is 3.21. The number of amides is 2. The van der Waals surface area contributed by atoms with Crippen LogP contribution >= 0.6 is 0 Å². The minimum absolute atomic E-state index is 0.168. The summed E-state index contributed by atoms with van der Waals surface area (Å²) >= 11 is 0. The fourth-order valence-electron chi connectivity index (χ4n) is 3.91. The van der Waals surface area contributed by atoms with Crippen LogP contribution in [0.2, 0.25) is 0 Å². The number of aryl methyl sites for hydroxylation is 1. The lowest BCUT2D eigenvalue weighted by Crippen LogP contribution is -2.42. The van der Waals surface area contributed by atoms with Gasteiger partial charge in [-0.1, -0.05) is 6.92 Å². The molecule has 2 amide bonds. The highest BCUT2D eigenvalue weighted by atomic mass is 32.2. The first kappa shape index (κ1) is 22.9. The van der Waals surface area contributed by atoms with Gasteiger partial charge < -0.3 is 9.64 Å². The van der Waals surface area contributed by atoms with Gasteiger partial charge in [0.2, 0.25) is 5.88 Å². The zero-order valence-electron chi connectivity index (χ0n) is 18.4. The Morgan fingerprint density at radius 2 is 1.97 bits per heavy atom. The van der Waals surface area contributed by atoms with Gasteiger partial charge in [0.05, 0.1) is 34.3 Å². The Bertz CT molecular complexity index is 1080. The molecule has 1 saturated heterocycles. The molecule has 0 spiro atoms. The van der Waals surface area contributed by atoms with Crippen LogP contribution in [0.4, 0.5) is 0 Å². The van der Waals surface area contributed by atoms with Gasteiger partial charge in [-0.3, -0.25) is 14.3 Å². The van der Waals surface area contributed by atoms with Gasteiger partial charge in [0.1, 0.15) is 5.56 Å². The van der Waals surface area contributed by atoms with E-state index in [2.05, 4.69) is 14.4 Å². The molecule has 1 atom stereocenters. The fraction of sp³-hybridized carbons (Fsp3) is 0.524. The molecule has 1 aliphatic heterocycles. The molecular formula is C21H29N5O4S. The summed E-state index contributed by atoms with van der Waals surface area (Å²) in [5.41, 5.74) is 1.62. The van der Waals surface area contributed by atoms with Crippen molar-refractivity contribution in [3.05, 3.63) is 41.3 Å². The Morgan fingerprint density at radius 1 is 1.26 bits per heavy atom. The molecular weight excluding hydrogens is 418 g/mol. The van der Waals surface area contributed by atoms with Gasteiger partial charge in [0.25, 0.3) is 11.8 Å². The maximum Gasteiger partial charge on any atom is 0.288 e. The van der Waals surface area contributed by atoms with Crippen LogP contribution in [0.25, 0.3) is 0 Å². The van der Waals surface area contributed by atoms with E-state index < -0.39 is 15.6 Å². The van der Waals surface area contributed by atoms with Gasteiger partial charge in [-0.05, 0) is 38.3 Å². The lowest BCUT2D eigenvalue weighted by atomic mass is 10.1. The molecule has 9 nitrogen and oxygen atoms in total. The number of carbonyl (C=O) groups excluding carboxylic acids is 2. The number of ether oxygens (including phenoxy) is 1. The Labute approximate surface area is 183 Å². The smallest absolute Gasteiger partial charge is 0.288 e. The largest absolute Gasteiger partial charge is 0.480 e. The predicted molar refractivity (Wildman–Crippen MR) is 118 cm³/mol. The first-order chi connectivity index (χ1) is 14.8. The number of hydrogen-bond donors (Lipinski definition) is 0. The molecule has 0 saturated carbocycles. The van der Waals surface area contributed by atoms with Crippen molar-refractivity contribution in [3.63, 3.8) is 0 Å². The van der Waals surface area contributed by atoms with Gasteiger partial charge in [-0.2, -0.15) is 9.46 Å². The van der Waals surface area contributed by atoms with Crippen molar-refractivity contribution in [2.24, 2.45) is 4.36 Å². The van der Waals surface area contributed by atoms with Crippen LogP contribution in [-0.2, 0) is 22.7 Å². The Hall–Kier alpha value is -2.75. The molecule has 0 aliphatic carbocycles. The quantitative estimate of drug-likeness (QED) is 0.673. The van der Waals surface area contributed by atoms with E-state index in [1.54, 1.807) is 27.9 Å². The number of aromatic nitrogens is 3. The molecule has 31 heavy (non-hydrogen) atoms. The summed E-state index contributed by atoms with van der Waals surface area (Å²) in [6.07, 6.45) is 6.28. The molecule has 1 aliphatic rings. The number of pyridine rings is 1. The highest BCUT2D eigenvalue weighted by Gasteiger charge is 2.30. The van der Waals surface area contributed by atoms with Gasteiger partial charge in [0.15, 0.2) is 0 Å². The van der Waals surface area contributed by atoms with E-state index in [0.717, 1.165) is 5.69 Å². The summed E-state index contributed by atoms with van der Waals surface area (Å²) in [4.78, 5) is 31.4. The number of piperidine rings is 1. The highest BCUT2D eigenvalue weighted by Crippen LogP contribution is 2.24. The van der Waals surface area contributed by atoms with Crippen molar-refractivity contribution in [2.45, 2.75) is 44.9 Å². The first-order valence-corrected chi connectivity index (χ1v) is 12.4. The molecule has 3 heterocycles. The molecule has 2 aromatic rings. The Balaban J connectivity index is 1.72. The van der Waals surface area contributed by atoms with Gasteiger partial charge in [0, 0.05) is 37.3 Å². The van der Waals surface area contributed by atoms with E-state index in [1.165, 1.54) is 19.6 Å². The Kier molecular flexibility index (Phi) is 7.09. The van der Waals surface area contributed by atoms with Gasteiger partial charge >= 0.3 is 0 Å². The zero-order valence-corrected chi connectivity index (χ0v) is 19.2. The minimum Gasteiger partial charge on any atom is -0.480 e. The van der Waals surface area contributed by atoms with E-state index in [0.29, 0.717) is 50.0 Å². The van der Waals surface area contributed by atoms with Crippen molar-refractivity contribution in [3.8, 4) is 5.88 Å². The Morgan fingerprint density at radius 3 is 2.58 bits per heavy atom. The van der Waals surface area contributed by atoms with Crippen LogP contribution in [0.5, 0.6) is 5.88 Å². The number of methoxy groups -OCH3 is 1. The first-order valence-electron chi connectivity index (χ1n) is 10.4. The van der Waals surface area contributed by atoms with Gasteiger partial charge in [-0.25, -0.2) is 9.19 Å². The summed E-state index contributed by atoms with van der Waals surface area (Å²) in [6.45, 7) is 5.43. The van der Waals surface area contributed by atoms with Crippen LogP contribution < -0.4 is 4.74 Å². The van der Waals surface area contributed by atoms with E-state index in [1.807, 2.05) is 13.8 Å². The molecule has 2 aromatic heterocycles. The van der Waals surface area contributed by atoms with E-state index in [-0.39, 0.29) is 17.0 Å². The average molecular weight is 448 g/mol. The second-order valence-corrected chi connectivity index (χ2v) is 10.1. The highest BCUT2D eigenvalue weighted by molar-refractivity contribution is 7.93. The minimum atomic E-state index is -2.77. The maximum atomic E-state index is 13.3. The van der Waals surface area contributed by atoms with E-state index in [4.69, 9.17) is 4.74 Å². The van der Waals surface area contributed by atoms with Crippen molar-refractivity contribution in [2.75, 3.05) is 26.5 Å². The topological polar surface area (TPSA) is 107 Å². The summed E-state index contributed by atoms with van der Waals surface area (Å²) in [5, 5.41) is 3.96. The number of carbonyl (C=O) groups is 2. The van der Waals surface area contributed by atoms with Gasteiger partial charge in [-0.15, -0.1) is 0 Å². The van der Waals surface area contributed by atoms with Crippen LogP contribution in [0.3, 0.4) is 0 Å². The molecule has 3 rings (SSSR count). The molecule has 10 heteroatoms. The number of likely N-dealkylation sites (tertiary alicyclic amines) is 1. The third kappa shape index (κ3) is 4.79. The van der Waals surface area contributed by atoms with Crippen molar-refractivity contribution >= 4 is 21.5 Å². The number of hydrogen-bond acceptors (Lipinski definition) is 6. The summed E-state index contributed by atoms with van der Waals surface area (Å²) in [5.74, 6) is -0.366. The SMILES string of the molecule is CCc1c(C(=O)N=S(C)(=O)C2CCN(C(=O)c3cccnc3OC)CC2)cnn1CC. The lowest BCUT2D eigenvalue weighted by molar-refractivity contribution is 0.0721. The third-order valence-electron chi connectivity index (χ3n) is 5.62. The second kappa shape index (κ2) is 9.59. The summed E-state index contributed by atoms with van der Waals surface area (Å²) < 4.78 is 24.4. The van der Waals surface area contributed by atoms with Crippen LogP contribution in [0, 0.1) is 0 Å². The standard InChI is InChI=1S/C21H29N5O4S/c1-5-18-17(14-23-26(18)6-2)19(27)24-31(4,29)15-9-12-25(13-10-15)21(28)16-8-7-11-22-20(16)30-3/h7-8,11,14-15H,5-6,9-10,12-13H2,1-4H3. The number of nitrogens with zero attached hydrogens (tertiary/aromatic N) is 5. The monoisotopic (exact) mass is 447 g/mol. The molecule has 0 N–H and O–H groups in total. The molecule has 1 unspecified atom stereocenters. The fourth-order valence-corrected chi connectivity index (χ4v) is 5.57. The molecule has 0 aromatic carbocycles. The zero-order chi connectivity index (χ0) is 22.6. The number of rotatable bonds is 6. The van der Waals surface area contributed by atoms with Crippen molar-refractivity contribution < 1.29 is 18.5 Å². The lowest BCUT2D eigenvalue weighted by Gasteiger charge is -2.32. The molecule has 0 bridgehead atoms. The molecule has 1 fully saturated rings. The molecule has 0 radical (unpaired) electrons. The maximum absolute atomic E-state index is 13.3. The predicted octanol–water partition coefficient (Wildman–Crippen LogP) is 2.41. The molecule has 168 valence electrons. The second-order valence-electron chi connectivity index (χ2n) is 7.48.